The van der Waals surface area contributed by atoms with Gasteiger partial charge in [0.2, 0.25) is 5.91 Å². The van der Waals surface area contributed by atoms with Crippen molar-refractivity contribution in [3.63, 3.8) is 0 Å². The molecule has 1 aromatic heterocycles. The Hall–Kier alpha value is -3.24. The number of carbonyl (C=O) groups is 3. The quantitative estimate of drug-likeness (QED) is 0.481. The van der Waals surface area contributed by atoms with Gasteiger partial charge in [0.25, 0.3) is 5.91 Å². The van der Waals surface area contributed by atoms with Crippen LogP contribution in [0.3, 0.4) is 0 Å². The third-order valence-electron chi connectivity index (χ3n) is 3.48. The molecule has 0 saturated heterocycles. The van der Waals surface area contributed by atoms with Gasteiger partial charge >= 0.3 is 5.97 Å². The fourth-order valence-corrected chi connectivity index (χ4v) is 3.17. The molecule has 10 heteroatoms. The summed E-state index contributed by atoms with van der Waals surface area (Å²) in [6, 6.07) is 15.8. The first-order chi connectivity index (χ1) is 14.3. The maximum Gasteiger partial charge on any atom is 0.347 e. The van der Waals surface area contributed by atoms with Gasteiger partial charge < -0.3 is 15.6 Å². The number of ether oxygens (including phenoxy) is 1. The van der Waals surface area contributed by atoms with Crippen LogP contribution in [0.4, 0.5) is 5.13 Å². The molecule has 0 spiro atoms. The number of carboxylic acid groups (broad SMARTS) is 1. The van der Waals surface area contributed by atoms with E-state index in [1.165, 1.54) is 0 Å². The van der Waals surface area contributed by atoms with E-state index in [0.29, 0.717) is 17.0 Å². The fraction of sp³-hybridized carbons (Fsp3) is 0.100. The molecule has 3 rings (SSSR count). The summed E-state index contributed by atoms with van der Waals surface area (Å²) in [5, 5.41) is 11.7. The molecule has 0 atom stereocenters. The first kappa shape index (κ1) is 23.0. The Balaban J connectivity index is 0.000000269. The molecule has 2 amide bonds. The van der Waals surface area contributed by atoms with Crippen molar-refractivity contribution in [2.45, 2.75) is 6.92 Å². The van der Waals surface area contributed by atoms with Crippen LogP contribution in [-0.2, 0) is 4.79 Å². The maximum atomic E-state index is 11.7. The Bertz CT molecular complexity index is 1020. The average molecular weight is 492 g/mol. The number of thiazole rings is 1. The molecule has 0 bridgehead atoms. The smallest absolute Gasteiger partial charge is 0.347 e. The van der Waals surface area contributed by atoms with Crippen LogP contribution in [0, 0.1) is 6.92 Å². The second kappa shape index (κ2) is 11.1. The SMILES string of the molecule is Cc1nc(NC(=O)COc2ccccc2)sc1C(=O)O.NC(=O)c1ccc(Br)cc1. The van der Waals surface area contributed by atoms with E-state index in [4.69, 9.17) is 15.6 Å². The minimum atomic E-state index is -1.05. The molecule has 0 saturated carbocycles. The Morgan fingerprint density at radius 2 is 1.77 bits per heavy atom. The first-order valence-corrected chi connectivity index (χ1v) is 10.1. The summed E-state index contributed by atoms with van der Waals surface area (Å²) in [6.45, 7) is 1.42. The molecule has 0 aliphatic heterocycles. The maximum absolute atomic E-state index is 11.7. The second-order valence-electron chi connectivity index (χ2n) is 5.76. The fourth-order valence-electron chi connectivity index (χ4n) is 2.08. The number of carboxylic acids is 1. The molecule has 4 N–H and O–H groups in total. The van der Waals surface area contributed by atoms with Crippen molar-refractivity contribution in [1.82, 2.24) is 4.98 Å². The number of nitrogens with two attached hydrogens (primary N) is 1. The number of nitrogens with one attached hydrogen (secondary N) is 1. The van der Waals surface area contributed by atoms with Gasteiger partial charge in [-0.15, -0.1) is 0 Å². The van der Waals surface area contributed by atoms with E-state index in [1.807, 2.05) is 6.07 Å². The normalized spacial score (nSPS) is 9.80. The number of halogens is 1. The molecular weight excluding hydrogens is 474 g/mol. The van der Waals surface area contributed by atoms with Crippen LogP contribution in [0.1, 0.15) is 25.7 Å². The van der Waals surface area contributed by atoms with Gasteiger partial charge in [-0.2, -0.15) is 0 Å². The Labute approximate surface area is 184 Å². The van der Waals surface area contributed by atoms with Crippen molar-refractivity contribution >= 4 is 50.2 Å². The van der Waals surface area contributed by atoms with Gasteiger partial charge in [0.05, 0.1) is 5.69 Å². The average Bonchev–Trinajstić information content (AvgIpc) is 3.08. The number of rotatable bonds is 6. The van der Waals surface area contributed by atoms with Crippen LogP contribution in [0.5, 0.6) is 5.75 Å². The zero-order valence-electron chi connectivity index (χ0n) is 15.8. The lowest BCUT2D eigenvalue weighted by Crippen LogP contribution is -2.20. The standard InChI is InChI=1S/C13H12N2O4S.C7H6BrNO/c1-8-11(12(17)18)20-13(14-8)15-10(16)7-19-9-5-3-2-4-6-9;8-6-3-1-5(2-4-6)7(9)10/h2-6H,7H2,1H3,(H,17,18)(H,14,15,16);1-4H,(H2,9,10). The number of aromatic nitrogens is 1. The van der Waals surface area contributed by atoms with Crippen LogP contribution in [0.2, 0.25) is 0 Å². The molecular formula is C20H18BrN3O5S. The highest BCUT2D eigenvalue weighted by Gasteiger charge is 2.15. The third-order valence-corrected chi connectivity index (χ3v) is 5.07. The Morgan fingerprint density at radius 3 is 2.30 bits per heavy atom. The van der Waals surface area contributed by atoms with E-state index >= 15 is 0 Å². The van der Waals surface area contributed by atoms with E-state index in [0.717, 1.165) is 15.8 Å². The lowest BCUT2D eigenvalue weighted by Gasteiger charge is -2.05. The molecule has 3 aromatic rings. The zero-order chi connectivity index (χ0) is 22.1. The number of para-hydroxylation sites is 1. The number of primary amides is 1. The molecule has 0 fully saturated rings. The van der Waals surface area contributed by atoms with E-state index in [-0.39, 0.29) is 22.5 Å². The van der Waals surface area contributed by atoms with Gasteiger partial charge in [0, 0.05) is 10.0 Å². The van der Waals surface area contributed by atoms with Gasteiger partial charge in [-0.1, -0.05) is 45.5 Å². The predicted octanol–water partition coefficient (Wildman–Crippen LogP) is 3.72. The van der Waals surface area contributed by atoms with Crippen molar-refractivity contribution < 1.29 is 24.2 Å². The monoisotopic (exact) mass is 491 g/mol. The number of aryl methyl sites for hydroxylation is 1. The van der Waals surface area contributed by atoms with Crippen LogP contribution in [0.25, 0.3) is 0 Å². The highest BCUT2D eigenvalue weighted by atomic mass is 79.9. The minimum absolute atomic E-state index is 0.115. The van der Waals surface area contributed by atoms with E-state index in [9.17, 15) is 14.4 Å². The Morgan fingerprint density at radius 1 is 1.13 bits per heavy atom. The predicted molar refractivity (Wildman–Crippen MR) is 117 cm³/mol. The van der Waals surface area contributed by atoms with E-state index in [1.54, 1.807) is 55.5 Å². The third kappa shape index (κ3) is 7.30. The molecule has 156 valence electrons. The van der Waals surface area contributed by atoms with Gasteiger partial charge in [-0.3, -0.25) is 14.9 Å². The number of hydrogen-bond acceptors (Lipinski definition) is 6. The summed E-state index contributed by atoms with van der Waals surface area (Å²) in [4.78, 5) is 37.1. The van der Waals surface area contributed by atoms with Crippen LogP contribution >= 0.6 is 27.3 Å². The van der Waals surface area contributed by atoms with Crippen LogP contribution < -0.4 is 15.8 Å². The molecule has 0 aliphatic carbocycles. The molecule has 8 nitrogen and oxygen atoms in total. The lowest BCUT2D eigenvalue weighted by molar-refractivity contribution is -0.118. The van der Waals surface area contributed by atoms with Crippen molar-refractivity contribution in [3.8, 4) is 5.75 Å². The molecule has 30 heavy (non-hydrogen) atoms. The Kier molecular flexibility index (Phi) is 8.51. The number of benzene rings is 2. The molecule has 1 heterocycles. The zero-order valence-corrected chi connectivity index (χ0v) is 18.2. The summed E-state index contributed by atoms with van der Waals surface area (Å²) in [6.07, 6.45) is 0. The van der Waals surface area contributed by atoms with Crippen molar-refractivity contribution in [3.05, 3.63) is 75.2 Å². The number of nitrogens with zero attached hydrogens (tertiary/aromatic N) is 1. The summed E-state index contributed by atoms with van der Waals surface area (Å²) in [5.74, 6) is -1.25. The molecule has 0 unspecified atom stereocenters. The summed E-state index contributed by atoms with van der Waals surface area (Å²) < 4.78 is 6.22. The van der Waals surface area contributed by atoms with Gasteiger partial charge in [0.15, 0.2) is 11.7 Å². The molecule has 0 radical (unpaired) electrons. The van der Waals surface area contributed by atoms with Gasteiger partial charge in [-0.25, -0.2) is 9.78 Å². The largest absolute Gasteiger partial charge is 0.484 e. The van der Waals surface area contributed by atoms with Gasteiger partial charge in [-0.05, 0) is 43.3 Å². The minimum Gasteiger partial charge on any atom is -0.484 e. The summed E-state index contributed by atoms with van der Waals surface area (Å²) in [7, 11) is 0. The van der Waals surface area contributed by atoms with Crippen molar-refractivity contribution in [1.29, 1.82) is 0 Å². The van der Waals surface area contributed by atoms with Crippen LogP contribution in [0.15, 0.2) is 59.1 Å². The number of amides is 2. The molecule has 0 aliphatic rings. The number of anilines is 1. The number of hydrogen-bond donors (Lipinski definition) is 3. The lowest BCUT2D eigenvalue weighted by atomic mass is 10.2. The summed E-state index contributed by atoms with van der Waals surface area (Å²) in [5.41, 5.74) is 5.92. The van der Waals surface area contributed by atoms with Crippen molar-refractivity contribution in [2.24, 2.45) is 5.73 Å². The molecule has 2 aromatic carbocycles. The number of carbonyl (C=O) groups excluding carboxylic acids is 2. The number of aromatic carboxylic acids is 1. The summed E-state index contributed by atoms with van der Waals surface area (Å²) >= 11 is 4.16. The van der Waals surface area contributed by atoms with Crippen LogP contribution in [-0.4, -0.2) is 34.5 Å². The van der Waals surface area contributed by atoms with E-state index < -0.39 is 11.9 Å². The van der Waals surface area contributed by atoms with Crippen molar-refractivity contribution in [2.75, 3.05) is 11.9 Å². The van der Waals surface area contributed by atoms with E-state index in [2.05, 4.69) is 26.2 Å². The topological polar surface area (TPSA) is 132 Å². The van der Waals surface area contributed by atoms with Gasteiger partial charge in [0.1, 0.15) is 10.6 Å². The highest BCUT2D eigenvalue weighted by Crippen LogP contribution is 2.22. The second-order valence-corrected chi connectivity index (χ2v) is 7.67. The highest BCUT2D eigenvalue weighted by molar-refractivity contribution is 9.10. The first-order valence-electron chi connectivity index (χ1n) is 8.50.